The van der Waals surface area contributed by atoms with Crippen LogP contribution in [0.4, 0.5) is 8.78 Å². The molecule has 0 spiro atoms. The predicted octanol–water partition coefficient (Wildman–Crippen LogP) is 3.36. The van der Waals surface area contributed by atoms with E-state index >= 15 is 0 Å². The highest BCUT2D eigenvalue weighted by atomic mass is 19.3. The summed E-state index contributed by atoms with van der Waals surface area (Å²) in [5.41, 5.74) is 2.22. The van der Waals surface area contributed by atoms with E-state index in [9.17, 15) is 8.78 Å². The van der Waals surface area contributed by atoms with Crippen LogP contribution < -0.4 is 0 Å². The van der Waals surface area contributed by atoms with E-state index in [1.165, 1.54) is 0 Å². The monoisotopic (exact) mass is 182 g/mol. The van der Waals surface area contributed by atoms with Crippen molar-refractivity contribution in [2.45, 2.75) is 25.7 Å². The van der Waals surface area contributed by atoms with Crippen LogP contribution in [0.25, 0.3) is 0 Å². The Hall–Kier alpha value is -0.920. The minimum Gasteiger partial charge on any atom is -0.210 e. The fourth-order valence-corrected chi connectivity index (χ4v) is 1.78. The van der Waals surface area contributed by atoms with E-state index in [2.05, 4.69) is 0 Å². The van der Waals surface area contributed by atoms with Gasteiger partial charge in [-0.25, -0.2) is 8.78 Å². The molecule has 0 N–H and O–H groups in total. The summed E-state index contributed by atoms with van der Waals surface area (Å²) in [6, 6.07) is 7.88. The fraction of sp³-hybridized carbons (Fsp3) is 0.455. The van der Waals surface area contributed by atoms with Gasteiger partial charge in [-0.05, 0) is 24.8 Å². The van der Waals surface area contributed by atoms with Crippen molar-refractivity contribution >= 4 is 0 Å². The zero-order valence-electron chi connectivity index (χ0n) is 7.50. The van der Waals surface area contributed by atoms with Crippen molar-refractivity contribution in [2.24, 2.45) is 5.92 Å². The first-order chi connectivity index (χ1) is 6.18. The Labute approximate surface area is 76.6 Å². The van der Waals surface area contributed by atoms with Crippen molar-refractivity contribution < 1.29 is 8.78 Å². The molecule has 13 heavy (non-hydrogen) atoms. The van der Waals surface area contributed by atoms with Gasteiger partial charge in [-0.1, -0.05) is 29.8 Å². The van der Waals surface area contributed by atoms with Crippen molar-refractivity contribution in [3.8, 4) is 0 Å². The molecule has 2 heteroatoms. The van der Waals surface area contributed by atoms with Crippen molar-refractivity contribution in [3.63, 3.8) is 0 Å². The molecule has 70 valence electrons. The topological polar surface area (TPSA) is 0 Å². The Balaban J connectivity index is 2.12. The average Bonchev–Trinajstić information content (AvgIpc) is 2.82. The summed E-state index contributed by atoms with van der Waals surface area (Å²) in [4.78, 5) is 0. The van der Waals surface area contributed by atoms with Crippen LogP contribution in [-0.4, -0.2) is 6.43 Å². The third-order valence-corrected chi connectivity index (χ3v) is 2.63. The number of benzene rings is 1. The molecule has 0 bridgehead atoms. The van der Waals surface area contributed by atoms with E-state index in [-0.39, 0.29) is 11.8 Å². The lowest BCUT2D eigenvalue weighted by atomic mass is 10.1. The van der Waals surface area contributed by atoms with Gasteiger partial charge in [0.15, 0.2) is 0 Å². The number of rotatable bonds is 2. The summed E-state index contributed by atoms with van der Waals surface area (Å²) in [5, 5.41) is 0. The van der Waals surface area contributed by atoms with E-state index in [0.29, 0.717) is 6.42 Å². The Morgan fingerprint density at radius 2 is 2.15 bits per heavy atom. The van der Waals surface area contributed by atoms with Crippen LogP contribution >= 0.6 is 0 Å². The second-order valence-electron chi connectivity index (χ2n) is 3.75. The van der Waals surface area contributed by atoms with Crippen LogP contribution in [0.5, 0.6) is 0 Å². The highest BCUT2D eigenvalue weighted by molar-refractivity contribution is 5.30. The molecule has 2 rings (SSSR count). The van der Waals surface area contributed by atoms with Crippen molar-refractivity contribution in [3.05, 3.63) is 35.4 Å². The summed E-state index contributed by atoms with van der Waals surface area (Å²) in [7, 11) is 0. The molecule has 2 unspecified atom stereocenters. The SMILES string of the molecule is Cc1cccc(C2CC2C(F)F)c1. The molecule has 0 amide bonds. The van der Waals surface area contributed by atoms with Gasteiger partial charge in [-0.3, -0.25) is 0 Å². The van der Waals surface area contributed by atoms with E-state index in [1.54, 1.807) is 0 Å². The van der Waals surface area contributed by atoms with Gasteiger partial charge in [0.1, 0.15) is 0 Å². The number of hydrogen-bond acceptors (Lipinski definition) is 0. The van der Waals surface area contributed by atoms with E-state index in [0.717, 1.165) is 11.1 Å². The van der Waals surface area contributed by atoms with Crippen molar-refractivity contribution in [2.75, 3.05) is 0 Å². The summed E-state index contributed by atoms with van der Waals surface area (Å²) < 4.78 is 24.5. The van der Waals surface area contributed by atoms with Crippen LogP contribution in [0.15, 0.2) is 24.3 Å². The summed E-state index contributed by atoms with van der Waals surface area (Å²) in [5.74, 6) is -0.276. The highest BCUT2D eigenvalue weighted by Gasteiger charge is 2.44. The van der Waals surface area contributed by atoms with Crippen molar-refractivity contribution in [1.29, 1.82) is 0 Å². The second kappa shape index (κ2) is 3.09. The smallest absolute Gasteiger partial charge is 0.210 e. The standard InChI is InChI=1S/C11H12F2/c1-7-3-2-4-8(5-7)9-6-10(9)11(12)13/h2-5,9-11H,6H2,1H3. The Bertz CT molecular complexity index is 307. The number of hydrogen-bond donors (Lipinski definition) is 0. The number of aryl methyl sites for hydroxylation is 1. The molecule has 0 saturated heterocycles. The maximum absolute atomic E-state index is 12.3. The van der Waals surface area contributed by atoms with Gasteiger partial charge < -0.3 is 0 Å². The van der Waals surface area contributed by atoms with Gasteiger partial charge in [0.25, 0.3) is 0 Å². The molecule has 0 radical (unpaired) electrons. The quantitative estimate of drug-likeness (QED) is 0.657. The minimum atomic E-state index is -2.15. The maximum Gasteiger partial charge on any atom is 0.242 e. The Kier molecular flexibility index (Phi) is 2.06. The Morgan fingerprint density at radius 3 is 2.69 bits per heavy atom. The fourth-order valence-electron chi connectivity index (χ4n) is 1.78. The predicted molar refractivity (Wildman–Crippen MR) is 48.0 cm³/mol. The number of halogens is 2. The first-order valence-electron chi connectivity index (χ1n) is 4.53. The molecule has 1 aromatic rings. The van der Waals surface area contributed by atoms with Crippen molar-refractivity contribution in [1.82, 2.24) is 0 Å². The molecule has 0 aromatic heterocycles. The van der Waals surface area contributed by atoms with Crippen LogP contribution in [0.3, 0.4) is 0 Å². The third kappa shape index (κ3) is 1.71. The van der Waals surface area contributed by atoms with Gasteiger partial charge >= 0.3 is 0 Å². The van der Waals surface area contributed by atoms with Crippen LogP contribution in [0, 0.1) is 12.8 Å². The largest absolute Gasteiger partial charge is 0.242 e. The van der Waals surface area contributed by atoms with Gasteiger partial charge in [0.2, 0.25) is 6.43 Å². The van der Waals surface area contributed by atoms with Gasteiger partial charge in [-0.15, -0.1) is 0 Å². The molecule has 0 aliphatic heterocycles. The zero-order chi connectivity index (χ0) is 9.42. The zero-order valence-corrected chi connectivity index (χ0v) is 7.50. The normalized spacial score (nSPS) is 26.5. The molecule has 1 aliphatic rings. The number of alkyl halides is 2. The molecule has 1 fully saturated rings. The summed E-state index contributed by atoms with van der Waals surface area (Å²) in [6.07, 6.45) is -1.49. The second-order valence-corrected chi connectivity index (χ2v) is 3.75. The molecule has 2 atom stereocenters. The lowest BCUT2D eigenvalue weighted by Crippen LogP contribution is -1.95. The third-order valence-electron chi connectivity index (χ3n) is 2.63. The van der Waals surface area contributed by atoms with E-state index in [4.69, 9.17) is 0 Å². The molecular weight excluding hydrogens is 170 g/mol. The maximum atomic E-state index is 12.3. The highest BCUT2D eigenvalue weighted by Crippen LogP contribution is 2.50. The van der Waals surface area contributed by atoms with Gasteiger partial charge in [-0.2, -0.15) is 0 Å². The molecule has 1 aromatic carbocycles. The van der Waals surface area contributed by atoms with Crippen LogP contribution in [0.2, 0.25) is 0 Å². The minimum absolute atomic E-state index is 0.111. The molecule has 0 nitrogen and oxygen atoms in total. The van der Waals surface area contributed by atoms with E-state index in [1.807, 2.05) is 31.2 Å². The lowest BCUT2D eigenvalue weighted by Gasteiger charge is -2.00. The molecule has 0 heterocycles. The van der Waals surface area contributed by atoms with Crippen LogP contribution in [-0.2, 0) is 0 Å². The summed E-state index contributed by atoms with van der Waals surface area (Å²) in [6.45, 7) is 1.99. The van der Waals surface area contributed by atoms with E-state index < -0.39 is 6.43 Å². The first-order valence-corrected chi connectivity index (χ1v) is 4.53. The van der Waals surface area contributed by atoms with Gasteiger partial charge in [0, 0.05) is 5.92 Å². The molecular formula is C11H12F2. The molecule has 1 saturated carbocycles. The Morgan fingerprint density at radius 1 is 1.38 bits per heavy atom. The summed E-state index contributed by atoms with van der Waals surface area (Å²) >= 11 is 0. The van der Waals surface area contributed by atoms with Gasteiger partial charge in [0.05, 0.1) is 0 Å². The van der Waals surface area contributed by atoms with Crippen LogP contribution in [0.1, 0.15) is 23.5 Å². The molecule has 1 aliphatic carbocycles. The first kappa shape index (κ1) is 8.67. The lowest BCUT2D eigenvalue weighted by molar-refractivity contribution is 0.120. The average molecular weight is 182 g/mol.